The highest BCUT2D eigenvalue weighted by molar-refractivity contribution is 9.10. The van der Waals surface area contributed by atoms with Crippen LogP contribution in [0.15, 0.2) is 21.5 Å². The van der Waals surface area contributed by atoms with E-state index in [9.17, 15) is 8.42 Å². The van der Waals surface area contributed by atoms with E-state index in [1.54, 1.807) is 6.07 Å². The number of rotatable bonds is 5. The van der Waals surface area contributed by atoms with E-state index in [1.807, 2.05) is 6.92 Å². The summed E-state index contributed by atoms with van der Waals surface area (Å²) in [5, 5.41) is 3.25. The molecular weight excluding hydrogens is 372 g/mol. The van der Waals surface area contributed by atoms with Crippen LogP contribution in [0.1, 0.15) is 13.3 Å². The highest BCUT2D eigenvalue weighted by Crippen LogP contribution is 2.35. The summed E-state index contributed by atoms with van der Waals surface area (Å²) in [5.74, 6) is 1.01. The topological polar surface area (TPSA) is 76.7 Å². The Bertz CT molecular complexity index is 636. The van der Waals surface area contributed by atoms with Gasteiger partial charge in [0.05, 0.1) is 18.7 Å². The van der Waals surface area contributed by atoms with Crippen LogP contribution < -0.4 is 19.5 Å². The zero-order valence-corrected chi connectivity index (χ0v) is 15.3. The van der Waals surface area contributed by atoms with Crippen LogP contribution in [0.4, 0.5) is 0 Å². The summed E-state index contributed by atoms with van der Waals surface area (Å²) in [5.41, 5.74) is 0. The first-order valence-corrected chi connectivity index (χ1v) is 9.31. The lowest BCUT2D eigenvalue weighted by molar-refractivity contribution is 0.327. The van der Waals surface area contributed by atoms with Crippen LogP contribution in [0.3, 0.4) is 0 Å². The monoisotopic (exact) mass is 392 g/mol. The van der Waals surface area contributed by atoms with Gasteiger partial charge in [-0.1, -0.05) is 6.92 Å². The smallest absolute Gasteiger partial charge is 0.244 e. The molecule has 2 rings (SSSR count). The van der Waals surface area contributed by atoms with Crippen molar-refractivity contribution in [2.75, 3.05) is 27.3 Å². The number of nitrogens with one attached hydrogen (secondary N) is 2. The van der Waals surface area contributed by atoms with Crippen LogP contribution in [0.2, 0.25) is 0 Å². The third kappa shape index (κ3) is 3.73. The zero-order chi connectivity index (χ0) is 16.3. The summed E-state index contributed by atoms with van der Waals surface area (Å²) in [6, 6.07) is 2.98. The number of benzene rings is 1. The molecule has 0 aliphatic carbocycles. The molecule has 0 amide bonds. The molecule has 1 heterocycles. The van der Waals surface area contributed by atoms with Gasteiger partial charge < -0.3 is 14.8 Å². The van der Waals surface area contributed by atoms with E-state index in [-0.39, 0.29) is 22.6 Å². The van der Waals surface area contributed by atoms with Gasteiger partial charge >= 0.3 is 0 Å². The molecule has 1 saturated heterocycles. The molecule has 1 fully saturated rings. The average molecular weight is 393 g/mol. The molecule has 0 spiro atoms. The minimum atomic E-state index is -3.67. The van der Waals surface area contributed by atoms with Gasteiger partial charge in [0.25, 0.3) is 0 Å². The van der Waals surface area contributed by atoms with Crippen LogP contribution >= 0.6 is 15.9 Å². The number of piperidine rings is 1. The molecule has 6 nitrogen and oxygen atoms in total. The van der Waals surface area contributed by atoms with Gasteiger partial charge in [0.15, 0.2) is 0 Å². The molecule has 0 saturated carbocycles. The standard InChI is InChI=1S/C14H21BrN2O4S/c1-9-8-16-5-4-11(9)17-22(18,19)14-6-10(15)12(20-2)7-13(14)21-3/h6-7,9,11,16-17H,4-5,8H2,1-3H3. The molecule has 0 aromatic heterocycles. The molecule has 2 unspecified atom stereocenters. The molecule has 0 bridgehead atoms. The van der Waals surface area contributed by atoms with Crippen LogP contribution in [0, 0.1) is 5.92 Å². The van der Waals surface area contributed by atoms with Gasteiger partial charge in [-0.15, -0.1) is 0 Å². The molecular formula is C14H21BrN2O4S. The van der Waals surface area contributed by atoms with Crippen molar-refractivity contribution in [3.8, 4) is 11.5 Å². The summed E-state index contributed by atoms with van der Waals surface area (Å²) in [6.07, 6.45) is 0.764. The number of methoxy groups -OCH3 is 2. The maximum Gasteiger partial charge on any atom is 0.244 e. The highest BCUT2D eigenvalue weighted by Gasteiger charge is 2.29. The van der Waals surface area contributed by atoms with Gasteiger partial charge in [-0.25, -0.2) is 13.1 Å². The van der Waals surface area contributed by atoms with Crippen molar-refractivity contribution in [2.24, 2.45) is 5.92 Å². The van der Waals surface area contributed by atoms with Crippen molar-refractivity contribution >= 4 is 26.0 Å². The Kier molecular flexibility index (Phi) is 5.70. The van der Waals surface area contributed by atoms with Crippen LogP contribution in [0.5, 0.6) is 11.5 Å². The Morgan fingerprint density at radius 1 is 1.27 bits per heavy atom. The predicted octanol–water partition coefficient (Wildman–Crippen LogP) is 1.74. The fourth-order valence-corrected chi connectivity index (χ4v) is 4.71. The quantitative estimate of drug-likeness (QED) is 0.797. The fourth-order valence-electron chi connectivity index (χ4n) is 2.49. The van der Waals surface area contributed by atoms with Crippen molar-refractivity contribution in [2.45, 2.75) is 24.3 Å². The second kappa shape index (κ2) is 7.16. The Labute approximate surface area is 139 Å². The van der Waals surface area contributed by atoms with E-state index in [0.717, 1.165) is 19.5 Å². The SMILES string of the molecule is COc1cc(OC)c(S(=O)(=O)NC2CCNCC2C)cc1Br. The first-order valence-electron chi connectivity index (χ1n) is 7.03. The predicted molar refractivity (Wildman–Crippen MR) is 88.0 cm³/mol. The first-order chi connectivity index (χ1) is 10.4. The number of hydrogen-bond acceptors (Lipinski definition) is 5. The number of ether oxygens (including phenoxy) is 2. The van der Waals surface area contributed by atoms with Crippen molar-refractivity contribution < 1.29 is 17.9 Å². The van der Waals surface area contributed by atoms with E-state index in [1.165, 1.54) is 20.3 Å². The maximum atomic E-state index is 12.7. The Morgan fingerprint density at radius 3 is 2.55 bits per heavy atom. The lowest BCUT2D eigenvalue weighted by atomic mass is 9.97. The van der Waals surface area contributed by atoms with Gasteiger partial charge in [-0.3, -0.25) is 0 Å². The third-order valence-corrected chi connectivity index (χ3v) is 5.95. The van der Waals surface area contributed by atoms with Gasteiger partial charge in [0.2, 0.25) is 10.0 Å². The van der Waals surface area contributed by atoms with Gasteiger partial charge in [-0.2, -0.15) is 0 Å². The molecule has 1 aliphatic rings. The minimum Gasteiger partial charge on any atom is -0.495 e. The molecule has 1 aromatic carbocycles. The van der Waals surface area contributed by atoms with Crippen LogP contribution in [0.25, 0.3) is 0 Å². The fraction of sp³-hybridized carbons (Fsp3) is 0.571. The summed E-state index contributed by atoms with van der Waals surface area (Å²) in [7, 11) is -0.716. The van der Waals surface area contributed by atoms with E-state index >= 15 is 0 Å². The van der Waals surface area contributed by atoms with Gasteiger partial charge in [0.1, 0.15) is 16.4 Å². The first kappa shape index (κ1) is 17.5. The largest absolute Gasteiger partial charge is 0.495 e. The Balaban J connectivity index is 2.34. The third-order valence-electron chi connectivity index (χ3n) is 3.82. The van der Waals surface area contributed by atoms with E-state index in [0.29, 0.717) is 10.2 Å². The van der Waals surface area contributed by atoms with Crippen LogP contribution in [-0.4, -0.2) is 41.8 Å². The Morgan fingerprint density at radius 2 is 1.95 bits per heavy atom. The lowest BCUT2D eigenvalue weighted by Crippen LogP contribution is -2.48. The van der Waals surface area contributed by atoms with E-state index < -0.39 is 10.0 Å². The molecule has 124 valence electrons. The zero-order valence-electron chi connectivity index (χ0n) is 12.8. The van der Waals surface area contributed by atoms with E-state index in [4.69, 9.17) is 9.47 Å². The summed E-state index contributed by atoms with van der Waals surface area (Å²) >= 11 is 3.32. The average Bonchev–Trinajstić information content (AvgIpc) is 2.49. The molecule has 8 heteroatoms. The molecule has 1 aliphatic heterocycles. The van der Waals surface area contributed by atoms with Gasteiger partial charge in [-0.05, 0) is 47.4 Å². The summed E-state index contributed by atoms with van der Waals surface area (Å²) < 4.78 is 39.1. The minimum absolute atomic E-state index is 0.0863. The highest BCUT2D eigenvalue weighted by atomic mass is 79.9. The van der Waals surface area contributed by atoms with Crippen molar-refractivity contribution in [3.63, 3.8) is 0 Å². The van der Waals surface area contributed by atoms with Crippen molar-refractivity contribution in [1.29, 1.82) is 0 Å². The van der Waals surface area contributed by atoms with Crippen molar-refractivity contribution in [1.82, 2.24) is 10.0 Å². The number of sulfonamides is 1. The maximum absolute atomic E-state index is 12.7. The Hall–Kier alpha value is -0.830. The normalized spacial score (nSPS) is 22.4. The second-order valence-corrected chi connectivity index (χ2v) is 7.87. The molecule has 22 heavy (non-hydrogen) atoms. The summed E-state index contributed by atoms with van der Waals surface area (Å²) in [4.78, 5) is 0.105. The molecule has 0 radical (unpaired) electrons. The van der Waals surface area contributed by atoms with Gasteiger partial charge in [0, 0.05) is 12.1 Å². The second-order valence-electron chi connectivity index (χ2n) is 5.34. The summed E-state index contributed by atoms with van der Waals surface area (Å²) in [6.45, 7) is 3.64. The lowest BCUT2D eigenvalue weighted by Gasteiger charge is -2.30. The molecule has 1 aromatic rings. The molecule has 2 N–H and O–H groups in total. The molecule has 2 atom stereocenters. The van der Waals surface area contributed by atoms with Crippen LogP contribution in [-0.2, 0) is 10.0 Å². The van der Waals surface area contributed by atoms with E-state index in [2.05, 4.69) is 26.0 Å². The number of hydrogen-bond donors (Lipinski definition) is 2. The van der Waals surface area contributed by atoms with Crippen molar-refractivity contribution in [3.05, 3.63) is 16.6 Å². The number of halogens is 1.